The number of thiophene rings is 1. The lowest BCUT2D eigenvalue weighted by molar-refractivity contribution is 0.674. The van der Waals surface area contributed by atoms with Crippen molar-refractivity contribution >= 4 is 76.7 Å². The third kappa shape index (κ3) is 5.90. The van der Waals surface area contributed by atoms with Crippen molar-refractivity contribution < 1.29 is 0 Å². The highest BCUT2D eigenvalue weighted by Gasteiger charge is 2.25. The summed E-state index contributed by atoms with van der Waals surface area (Å²) in [6, 6.07) is 48.2. The van der Waals surface area contributed by atoms with Crippen LogP contribution in [0.5, 0.6) is 0 Å². The summed E-state index contributed by atoms with van der Waals surface area (Å²) in [5.41, 5.74) is 8.23. The van der Waals surface area contributed by atoms with Gasteiger partial charge >= 0.3 is 0 Å². The summed E-state index contributed by atoms with van der Waals surface area (Å²) in [6.07, 6.45) is 4.33. The molecule has 1 atom stereocenters. The predicted octanol–water partition coefficient (Wildman–Crippen LogP) is 12.5. The molecule has 0 aliphatic carbocycles. The van der Waals surface area contributed by atoms with Crippen LogP contribution in [0, 0.1) is 0 Å². The number of rotatable bonds is 10. The van der Waals surface area contributed by atoms with E-state index >= 15 is 0 Å². The number of fused-ring (bicyclic) bond motifs is 6. The van der Waals surface area contributed by atoms with E-state index in [2.05, 4.69) is 151 Å². The van der Waals surface area contributed by atoms with Crippen LogP contribution in [0.2, 0.25) is 0 Å². The van der Waals surface area contributed by atoms with E-state index < -0.39 is 0 Å². The third-order valence-electron chi connectivity index (χ3n) is 9.98. The number of amidine groups is 2. The predicted molar refractivity (Wildman–Crippen MR) is 225 cm³/mol. The number of hydrogen-bond donors (Lipinski definition) is 1. The molecule has 0 radical (unpaired) electrons. The van der Waals surface area contributed by atoms with Crippen molar-refractivity contribution in [2.45, 2.75) is 50.6 Å². The molecule has 1 aliphatic rings. The highest BCUT2D eigenvalue weighted by Crippen LogP contribution is 2.42. The normalized spacial score (nSPS) is 14.6. The van der Waals surface area contributed by atoms with Gasteiger partial charge in [0.25, 0.3) is 0 Å². The number of aryl methyl sites for hydroxylation is 1. The van der Waals surface area contributed by atoms with Crippen molar-refractivity contribution in [2.24, 2.45) is 9.98 Å². The van der Waals surface area contributed by atoms with E-state index in [1.807, 2.05) is 29.2 Å². The zero-order valence-corrected chi connectivity index (χ0v) is 31.1. The molecule has 0 amide bonds. The van der Waals surface area contributed by atoms with E-state index in [0.29, 0.717) is 0 Å². The van der Waals surface area contributed by atoms with E-state index in [9.17, 15) is 0 Å². The minimum atomic E-state index is -0.273. The fourth-order valence-electron chi connectivity index (χ4n) is 7.45. The van der Waals surface area contributed by atoms with Gasteiger partial charge < -0.3 is 9.88 Å². The second kappa shape index (κ2) is 14.1. The molecule has 6 heteroatoms. The molecule has 0 spiro atoms. The number of nitrogens with one attached hydrogen (secondary N) is 1. The molecule has 8 aromatic rings. The van der Waals surface area contributed by atoms with Gasteiger partial charge in [0.2, 0.25) is 0 Å². The fourth-order valence-corrected chi connectivity index (χ4v) is 9.62. The molecule has 3 heterocycles. The Kier molecular flexibility index (Phi) is 8.87. The molecule has 0 fully saturated rings. The van der Waals surface area contributed by atoms with Gasteiger partial charge in [-0.15, -0.1) is 23.1 Å². The Hall–Kier alpha value is -5.17. The van der Waals surface area contributed by atoms with Crippen LogP contribution >= 0.6 is 23.1 Å². The van der Waals surface area contributed by atoms with Crippen LogP contribution in [0.15, 0.2) is 148 Å². The van der Waals surface area contributed by atoms with Gasteiger partial charge in [-0.25, -0.2) is 9.98 Å². The van der Waals surface area contributed by atoms with Gasteiger partial charge in [0.05, 0.1) is 11.0 Å². The van der Waals surface area contributed by atoms with Crippen LogP contribution in [0.4, 0.5) is 0 Å². The minimum Gasteiger partial charge on any atom is -0.344 e. The van der Waals surface area contributed by atoms with Gasteiger partial charge in [-0.2, -0.15) is 0 Å². The maximum Gasteiger partial charge on any atom is 0.160 e. The summed E-state index contributed by atoms with van der Waals surface area (Å²) in [7, 11) is 0. The Morgan fingerprint density at radius 2 is 1.46 bits per heavy atom. The quantitative estimate of drug-likeness (QED) is 0.143. The molecule has 9 rings (SSSR count). The summed E-state index contributed by atoms with van der Waals surface area (Å²) in [5, 5.41) is 8.73. The Bertz CT molecular complexity index is 2630. The zero-order chi connectivity index (χ0) is 35.0. The van der Waals surface area contributed by atoms with Crippen molar-refractivity contribution in [1.29, 1.82) is 0 Å². The van der Waals surface area contributed by atoms with Crippen molar-refractivity contribution in [2.75, 3.05) is 5.75 Å². The Labute approximate surface area is 312 Å². The summed E-state index contributed by atoms with van der Waals surface area (Å²) < 4.78 is 4.96. The fraction of sp³-hybridized carbons (Fsp3) is 0.174. The van der Waals surface area contributed by atoms with Crippen molar-refractivity contribution in [3.63, 3.8) is 0 Å². The van der Waals surface area contributed by atoms with Crippen LogP contribution in [-0.4, -0.2) is 22.0 Å². The molecule has 0 saturated heterocycles. The Balaban J connectivity index is 1.33. The zero-order valence-electron chi connectivity index (χ0n) is 29.5. The SMILES string of the molecule is CCCCc1cc2c(cc1SCCC)c1ccccc1n2-c1cc(C2=NC(c3ccccc3)NC(c3ccccc3)=N2)c2sc3ccccc3c2c1. The number of thioether (sulfide) groups is 1. The number of aromatic nitrogens is 1. The van der Waals surface area contributed by atoms with Gasteiger partial charge in [0, 0.05) is 52.7 Å². The van der Waals surface area contributed by atoms with Crippen LogP contribution in [0.25, 0.3) is 47.7 Å². The van der Waals surface area contributed by atoms with Crippen LogP contribution in [-0.2, 0) is 6.42 Å². The number of benzene rings is 6. The van der Waals surface area contributed by atoms with Gasteiger partial charge in [-0.05, 0) is 72.5 Å². The first-order valence-corrected chi connectivity index (χ1v) is 20.2. The molecular formula is C46H40N4S2. The number of hydrogen-bond acceptors (Lipinski definition) is 5. The summed E-state index contributed by atoms with van der Waals surface area (Å²) in [6.45, 7) is 4.56. The highest BCUT2D eigenvalue weighted by molar-refractivity contribution is 7.99. The topological polar surface area (TPSA) is 41.7 Å². The van der Waals surface area contributed by atoms with Crippen LogP contribution in [0.1, 0.15) is 61.5 Å². The monoisotopic (exact) mass is 712 g/mol. The van der Waals surface area contributed by atoms with Crippen LogP contribution < -0.4 is 5.32 Å². The molecule has 6 aromatic carbocycles. The van der Waals surface area contributed by atoms with Crippen molar-refractivity contribution in [1.82, 2.24) is 9.88 Å². The van der Waals surface area contributed by atoms with Gasteiger partial charge in [0.1, 0.15) is 12.0 Å². The molecule has 1 unspecified atom stereocenters. The van der Waals surface area contributed by atoms with Crippen LogP contribution in [0.3, 0.4) is 0 Å². The molecule has 4 nitrogen and oxygen atoms in total. The lowest BCUT2D eigenvalue weighted by atomic mass is 10.0. The maximum atomic E-state index is 5.37. The molecule has 1 aliphatic heterocycles. The van der Waals surface area contributed by atoms with Gasteiger partial charge in [0.15, 0.2) is 5.84 Å². The smallest absolute Gasteiger partial charge is 0.160 e. The summed E-state index contributed by atoms with van der Waals surface area (Å²) >= 11 is 3.83. The van der Waals surface area contributed by atoms with Gasteiger partial charge in [-0.3, -0.25) is 0 Å². The maximum absolute atomic E-state index is 5.37. The molecule has 256 valence electrons. The lowest BCUT2D eigenvalue weighted by Crippen LogP contribution is -2.33. The lowest BCUT2D eigenvalue weighted by Gasteiger charge is -2.24. The number of para-hydroxylation sites is 1. The molecule has 0 bridgehead atoms. The Morgan fingerprint density at radius 3 is 2.27 bits per heavy atom. The molecule has 0 saturated carbocycles. The first-order valence-electron chi connectivity index (χ1n) is 18.4. The molecule has 1 N–H and O–H groups in total. The minimum absolute atomic E-state index is 0.273. The molecule has 52 heavy (non-hydrogen) atoms. The van der Waals surface area contributed by atoms with Crippen molar-refractivity contribution in [3.8, 4) is 5.69 Å². The first kappa shape index (κ1) is 32.7. The first-order chi connectivity index (χ1) is 25.7. The van der Waals surface area contributed by atoms with Gasteiger partial charge in [-0.1, -0.05) is 117 Å². The van der Waals surface area contributed by atoms with E-state index in [-0.39, 0.29) is 6.17 Å². The number of nitrogens with zero attached hydrogens (tertiary/aromatic N) is 3. The largest absolute Gasteiger partial charge is 0.344 e. The summed E-state index contributed by atoms with van der Waals surface area (Å²) in [4.78, 5) is 12.1. The molecule has 2 aromatic heterocycles. The summed E-state index contributed by atoms with van der Waals surface area (Å²) in [5.74, 6) is 2.70. The second-order valence-electron chi connectivity index (χ2n) is 13.5. The average molecular weight is 713 g/mol. The number of unbranched alkanes of at least 4 members (excludes halogenated alkanes) is 1. The third-order valence-corrected chi connectivity index (χ3v) is 12.5. The Morgan fingerprint density at radius 1 is 0.712 bits per heavy atom. The van der Waals surface area contributed by atoms with E-state index in [4.69, 9.17) is 9.98 Å². The molecular weight excluding hydrogens is 673 g/mol. The van der Waals surface area contributed by atoms with E-state index in [1.165, 1.54) is 65.3 Å². The second-order valence-corrected chi connectivity index (χ2v) is 15.7. The average Bonchev–Trinajstić information content (AvgIpc) is 3.74. The van der Waals surface area contributed by atoms with E-state index in [0.717, 1.165) is 52.6 Å². The van der Waals surface area contributed by atoms with E-state index in [1.54, 1.807) is 0 Å². The highest BCUT2D eigenvalue weighted by atomic mass is 32.2. The standard InChI is InChI=1S/C46H40N4S2/c1-3-5-16-32-26-40-36(29-42(32)51-25-4-2)34-21-12-14-23-39(34)50(40)33-27-37-35-22-13-15-24-41(35)52-43(37)38(28-33)46-48-44(30-17-8-6-9-18-30)47-45(49-46)31-19-10-7-11-20-31/h6-15,17-24,26-29,44H,3-5,16,25H2,1-2H3,(H,47,48,49). The van der Waals surface area contributed by atoms with Crippen molar-refractivity contribution in [3.05, 3.63) is 156 Å². The number of aliphatic imine (C=N–C) groups is 2.